The number of carbonyl (C=O) groups is 2. The maximum Gasteiger partial charge on any atom is 0.414 e. The number of anilines is 1. The summed E-state index contributed by atoms with van der Waals surface area (Å²) in [6, 6.07) is 17.4. The molecule has 1 amide bonds. The highest BCUT2D eigenvalue weighted by molar-refractivity contribution is 6.35. The fourth-order valence-corrected chi connectivity index (χ4v) is 7.72. The number of benzene rings is 3. The van der Waals surface area contributed by atoms with Gasteiger partial charge in [-0.2, -0.15) is 0 Å². The molecule has 3 N–H and O–H groups in total. The molecule has 3 saturated heterocycles. The number of hydrogen-bond acceptors (Lipinski definition) is 8. The minimum Gasteiger partial charge on any atom is -0.493 e. The van der Waals surface area contributed by atoms with Gasteiger partial charge in [0.1, 0.15) is 16.1 Å². The van der Waals surface area contributed by atoms with Gasteiger partial charge < -0.3 is 24.4 Å². The third-order valence-electron chi connectivity index (χ3n) is 9.82. The lowest BCUT2D eigenvalue weighted by Gasteiger charge is -2.44. The second kappa shape index (κ2) is 15.8. The van der Waals surface area contributed by atoms with Crippen LogP contribution in [0, 0.1) is 5.92 Å². The lowest BCUT2D eigenvalue weighted by atomic mass is 9.82. The number of amides is 1. The average Bonchev–Trinajstić information content (AvgIpc) is 3.13. The SMILES string of the molecule is COc1ccc([C@H](Cc2c(Cl)c[n+](O)cc2Cl)c2cc(CN(C(=O)O[C@H]3CN4CCC3CC4)c3cccc(CO)c3)ccc2C(=O)O)cc1OC. The number of carboxylic acids is 1. The highest BCUT2D eigenvalue weighted by Crippen LogP contribution is 2.39. The largest absolute Gasteiger partial charge is 0.493 e. The van der Waals surface area contributed by atoms with Crippen molar-refractivity contribution >= 4 is 41.0 Å². The molecule has 0 unspecified atom stereocenters. The van der Waals surface area contributed by atoms with Crippen molar-refractivity contribution in [3.63, 3.8) is 0 Å². The summed E-state index contributed by atoms with van der Waals surface area (Å²) in [6.07, 6.45) is 3.96. The number of ether oxygens (including phenoxy) is 3. The van der Waals surface area contributed by atoms with Crippen molar-refractivity contribution in [2.45, 2.75) is 44.4 Å². The van der Waals surface area contributed by atoms with Gasteiger partial charge in [0.05, 0.1) is 32.9 Å². The smallest absolute Gasteiger partial charge is 0.414 e. The van der Waals surface area contributed by atoms with Gasteiger partial charge in [0, 0.05) is 28.4 Å². The van der Waals surface area contributed by atoms with Gasteiger partial charge in [0.25, 0.3) is 0 Å². The number of aliphatic hydroxyl groups excluding tert-OH is 1. The van der Waals surface area contributed by atoms with Gasteiger partial charge in [-0.1, -0.05) is 53.5 Å². The zero-order valence-electron chi connectivity index (χ0n) is 28.3. The zero-order valence-corrected chi connectivity index (χ0v) is 29.8. The van der Waals surface area contributed by atoms with E-state index in [-0.39, 0.29) is 41.3 Å². The Morgan fingerprint density at radius 3 is 2.31 bits per heavy atom. The van der Waals surface area contributed by atoms with Crippen molar-refractivity contribution in [1.29, 1.82) is 0 Å². The van der Waals surface area contributed by atoms with Crippen LogP contribution in [0.4, 0.5) is 10.5 Å². The van der Waals surface area contributed by atoms with E-state index in [1.54, 1.807) is 48.5 Å². The number of hydrogen-bond donors (Lipinski definition) is 3. The van der Waals surface area contributed by atoms with Crippen molar-refractivity contribution < 1.29 is 44.0 Å². The maximum atomic E-state index is 14.0. The molecule has 3 fully saturated rings. The van der Waals surface area contributed by atoms with E-state index >= 15 is 0 Å². The molecule has 0 spiro atoms. The molecular formula is C38H40Cl2N3O8+. The predicted octanol–water partition coefficient (Wildman–Crippen LogP) is 6.34. The Hall–Kier alpha value is -4.55. The molecule has 268 valence electrons. The van der Waals surface area contributed by atoms with Crippen molar-refractivity contribution in [1.82, 2.24) is 4.90 Å². The number of fused-ring (bicyclic) bond motifs is 3. The van der Waals surface area contributed by atoms with Gasteiger partial charge in [-0.3, -0.25) is 15.0 Å². The Morgan fingerprint density at radius 1 is 0.961 bits per heavy atom. The van der Waals surface area contributed by atoms with Gasteiger partial charge in [0.15, 0.2) is 11.5 Å². The fourth-order valence-electron chi connectivity index (χ4n) is 7.11. The third-order valence-corrected chi connectivity index (χ3v) is 10.5. The molecule has 3 aliphatic rings. The molecule has 3 aliphatic heterocycles. The molecule has 2 atom stereocenters. The number of carboxylic acid groups (broad SMARTS) is 1. The van der Waals surface area contributed by atoms with Crippen LogP contribution in [0.3, 0.4) is 0 Å². The summed E-state index contributed by atoms with van der Waals surface area (Å²) < 4.78 is 18.0. The number of aromatic carboxylic acids is 1. The van der Waals surface area contributed by atoms with Gasteiger partial charge >= 0.3 is 12.1 Å². The molecule has 4 aromatic rings. The first kappa shape index (κ1) is 36.2. The average molecular weight is 738 g/mol. The Bertz CT molecular complexity index is 1890. The highest BCUT2D eigenvalue weighted by atomic mass is 35.5. The van der Waals surface area contributed by atoms with Crippen LogP contribution in [0.1, 0.15) is 56.9 Å². The highest BCUT2D eigenvalue weighted by Gasteiger charge is 2.37. The van der Waals surface area contributed by atoms with E-state index in [1.165, 1.54) is 37.6 Å². The summed E-state index contributed by atoms with van der Waals surface area (Å²) in [5.41, 5.74) is 3.47. The lowest BCUT2D eigenvalue weighted by Crippen LogP contribution is -2.53. The molecule has 1 aromatic heterocycles. The molecule has 4 heterocycles. The summed E-state index contributed by atoms with van der Waals surface area (Å²) >= 11 is 13.2. The molecular weight excluding hydrogens is 697 g/mol. The number of rotatable bonds is 12. The Balaban J connectivity index is 1.43. The summed E-state index contributed by atoms with van der Waals surface area (Å²) in [4.78, 5) is 30.6. The third kappa shape index (κ3) is 8.02. The molecule has 7 rings (SSSR count). The predicted molar refractivity (Wildman–Crippen MR) is 190 cm³/mol. The van der Waals surface area contributed by atoms with Crippen LogP contribution in [0.15, 0.2) is 73.1 Å². The standard InChI is InChI=1S/C38H39Cl2N3O8/c1-49-34-9-7-26(16-35(34)50-2)29(17-31-32(39)19-42(48)20-33(31)40)30-15-23(6-8-28(30)37(45)46)18-43(27-5-3-4-24(14-27)22-44)38(47)51-36-21-41-12-10-25(36)11-13-41/h3-9,14-16,19-20,25,29,36,44H,10-13,17-18,21-22H2,1-2H3,(H-,45,46,48)/p+1/t29-,36-/m0/s1. The molecule has 51 heavy (non-hydrogen) atoms. The van der Waals surface area contributed by atoms with E-state index in [4.69, 9.17) is 37.4 Å². The molecule has 3 aromatic carbocycles. The van der Waals surface area contributed by atoms with E-state index in [1.807, 2.05) is 6.07 Å². The summed E-state index contributed by atoms with van der Waals surface area (Å²) in [6.45, 7) is 2.53. The van der Waals surface area contributed by atoms with Crippen LogP contribution >= 0.6 is 23.2 Å². The Kier molecular flexibility index (Phi) is 11.2. The number of nitrogens with zero attached hydrogens (tertiary/aromatic N) is 3. The molecule has 0 aliphatic carbocycles. The molecule has 2 bridgehead atoms. The first-order valence-electron chi connectivity index (χ1n) is 16.6. The zero-order chi connectivity index (χ0) is 36.2. The van der Waals surface area contributed by atoms with Crippen LogP contribution < -0.4 is 19.1 Å². The number of piperidine rings is 3. The van der Waals surface area contributed by atoms with Crippen LogP contribution in [0.5, 0.6) is 11.5 Å². The van der Waals surface area contributed by atoms with Crippen molar-refractivity contribution in [3.8, 4) is 11.5 Å². The van der Waals surface area contributed by atoms with E-state index < -0.39 is 18.0 Å². The number of aromatic nitrogens is 1. The number of aliphatic hydroxyl groups is 1. The fraction of sp³-hybridized carbons (Fsp3) is 0.342. The number of pyridine rings is 1. The Labute approximate surface area is 306 Å². The minimum absolute atomic E-state index is 0.0441. The summed E-state index contributed by atoms with van der Waals surface area (Å²) in [5.74, 6) is -0.547. The normalized spacial score (nSPS) is 18.6. The van der Waals surface area contributed by atoms with Gasteiger partial charge in [-0.15, -0.1) is 0 Å². The number of carbonyl (C=O) groups excluding carboxylic acids is 1. The number of methoxy groups -OCH3 is 2. The van der Waals surface area contributed by atoms with Crippen LogP contribution in [0.25, 0.3) is 0 Å². The molecule has 11 nitrogen and oxygen atoms in total. The van der Waals surface area contributed by atoms with E-state index in [2.05, 4.69) is 4.90 Å². The second-order valence-electron chi connectivity index (χ2n) is 12.9. The first-order chi connectivity index (χ1) is 24.6. The van der Waals surface area contributed by atoms with Crippen molar-refractivity contribution in [3.05, 3.63) is 116 Å². The molecule has 0 radical (unpaired) electrons. The second-order valence-corrected chi connectivity index (χ2v) is 13.7. The molecule has 13 heteroatoms. The minimum atomic E-state index is -1.14. The van der Waals surface area contributed by atoms with Crippen molar-refractivity contribution in [2.75, 3.05) is 38.8 Å². The van der Waals surface area contributed by atoms with Gasteiger partial charge in [0.2, 0.25) is 12.4 Å². The van der Waals surface area contributed by atoms with Gasteiger partial charge in [-0.25, -0.2) is 9.59 Å². The monoisotopic (exact) mass is 736 g/mol. The van der Waals surface area contributed by atoms with E-state index in [0.717, 1.165) is 30.7 Å². The number of halogens is 2. The van der Waals surface area contributed by atoms with Crippen LogP contribution in [0.2, 0.25) is 10.0 Å². The van der Waals surface area contributed by atoms with E-state index in [0.29, 0.717) is 57.5 Å². The maximum absolute atomic E-state index is 14.0. The molecule has 0 saturated carbocycles. The Morgan fingerprint density at radius 2 is 1.69 bits per heavy atom. The van der Waals surface area contributed by atoms with E-state index in [9.17, 15) is 25.0 Å². The van der Waals surface area contributed by atoms with Crippen molar-refractivity contribution in [2.24, 2.45) is 5.92 Å². The lowest BCUT2D eigenvalue weighted by molar-refractivity contribution is -0.904. The van der Waals surface area contributed by atoms with Gasteiger partial charge in [-0.05, 0) is 90.9 Å². The first-order valence-corrected chi connectivity index (χ1v) is 17.4. The van der Waals surface area contributed by atoms with Crippen LogP contribution in [-0.2, 0) is 24.3 Å². The topological polar surface area (TPSA) is 133 Å². The summed E-state index contributed by atoms with van der Waals surface area (Å²) in [5, 5.41) is 30.7. The van der Waals surface area contributed by atoms with Crippen LogP contribution in [-0.4, -0.2) is 72.3 Å². The summed E-state index contributed by atoms with van der Waals surface area (Å²) in [7, 11) is 3.04. The quantitative estimate of drug-likeness (QED) is 0.113.